The smallest absolute Gasteiger partial charge is 0.0813 e. The van der Waals surface area contributed by atoms with Gasteiger partial charge in [-0.25, -0.2) is 4.98 Å². The van der Waals surface area contributed by atoms with Crippen molar-refractivity contribution in [1.29, 1.82) is 0 Å². The van der Waals surface area contributed by atoms with E-state index >= 15 is 0 Å². The van der Waals surface area contributed by atoms with Crippen LogP contribution in [-0.4, -0.2) is 11.5 Å². The van der Waals surface area contributed by atoms with Crippen molar-refractivity contribution in [2.24, 2.45) is 5.92 Å². The predicted octanol–water partition coefficient (Wildman–Crippen LogP) is 4.06. The lowest BCUT2D eigenvalue weighted by atomic mass is 9.94. The lowest BCUT2D eigenvalue weighted by Crippen LogP contribution is -2.15. The molecule has 1 aromatic carbocycles. The SMILES string of the molecule is C1=CCC(CNc2ccc3ncsc3c2)CC1. The van der Waals surface area contributed by atoms with Crippen molar-refractivity contribution in [3.05, 3.63) is 35.9 Å². The molecular formula is C14H16N2S. The number of fused-ring (bicyclic) bond motifs is 1. The fraction of sp³-hybridized carbons (Fsp3) is 0.357. The van der Waals surface area contributed by atoms with E-state index < -0.39 is 0 Å². The summed E-state index contributed by atoms with van der Waals surface area (Å²) >= 11 is 1.70. The number of aromatic nitrogens is 1. The van der Waals surface area contributed by atoms with Crippen LogP contribution >= 0.6 is 11.3 Å². The van der Waals surface area contributed by atoms with E-state index in [0.29, 0.717) is 0 Å². The molecule has 1 N–H and O–H groups in total. The molecule has 3 rings (SSSR count). The fourth-order valence-electron chi connectivity index (χ4n) is 2.27. The lowest BCUT2D eigenvalue weighted by molar-refractivity contribution is 0.504. The Kier molecular flexibility index (Phi) is 3.10. The van der Waals surface area contributed by atoms with Crippen LogP contribution in [0.2, 0.25) is 0 Å². The highest BCUT2D eigenvalue weighted by Gasteiger charge is 2.09. The molecule has 0 radical (unpaired) electrons. The van der Waals surface area contributed by atoms with Gasteiger partial charge in [-0.3, -0.25) is 0 Å². The zero-order chi connectivity index (χ0) is 11.5. The third kappa shape index (κ3) is 2.50. The summed E-state index contributed by atoms with van der Waals surface area (Å²) < 4.78 is 1.26. The summed E-state index contributed by atoms with van der Waals surface area (Å²) in [5, 5.41) is 3.54. The Labute approximate surface area is 105 Å². The third-order valence-electron chi connectivity index (χ3n) is 3.30. The molecule has 88 valence electrons. The van der Waals surface area contributed by atoms with E-state index in [9.17, 15) is 0 Å². The van der Waals surface area contributed by atoms with Gasteiger partial charge in [0.2, 0.25) is 0 Å². The average Bonchev–Trinajstić information content (AvgIpc) is 2.85. The van der Waals surface area contributed by atoms with Crippen LogP contribution in [0.25, 0.3) is 10.2 Å². The fourth-order valence-corrected chi connectivity index (χ4v) is 2.99. The molecule has 0 amide bonds. The molecular weight excluding hydrogens is 228 g/mol. The number of nitrogens with one attached hydrogen (secondary N) is 1. The maximum absolute atomic E-state index is 4.29. The van der Waals surface area contributed by atoms with Crippen molar-refractivity contribution in [3.8, 4) is 0 Å². The van der Waals surface area contributed by atoms with E-state index in [4.69, 9.17) is 0 Å². The third-order valence-corrected chi connectivity index (χ3v) is 4.10. The van der Waals surface area contributed by atoms with Gasteiger partial charge in [0.25, 0.3) is 0 Å². The van der Waals surface area contributed by atoms with E-state index in [-0.39, 0.29) is 0 Å². The van der Waals surface area contributed by atoms with Gasteiger partial charge < -0.3 is 5.32 Å². The van der Waals surface area contributed by atoms with Gasteiger partial charge in [-0.2, -0.15) is 0 Å². The number of hydrogen-bond donors (Lipinski definition) is 1. The van der Waals surface area contributed by atoms with Gasteiger partial charge in [0.05, 0.1) is 15.7 Å². The Morgan fingerprint density at radius 2 is 2.35 bits per heavy atom. The molecule has 1 unspecified atom stereocenters. The quantitative estimate of drug-likeness (QED) is 0.823. The van der Waals surface area contributed by atoms with Crippen LogP contribution in [0.3, 0.4) is 0 Å². The Morgan fingerprint density at radius 3 is 3.24 bits per heavy atom. The second-order valence-corrected chi connectivity index (χ2v) is 5.45. The highest BCUT2D eigenvalue weighted by molar-refractivity contribution is 7.16. The van der Waals surface area contributed by atoms with E-state index in [1.165, 1.54) is 29.6 Å². The van der Waals surface area contributed by atoms with Gasteiger partial charge in [-0.05, 0) is 43.4 Å². The van der Waals surface area contributed by atoms with Gasteiger partial charge in [0.1, 0.15) is 0 Å². The predicted molar refractivity (Wildman–Crippen MR) is 74.6 cm³/mol. The van der Waals surface area contributed by atoms with Crippen molar-refractivity contribution >= 4 is 27.2 Å². The average molecular weight is 244 g/mol. The van der Waals surface area contributed by atoms with Crippen molar-refractivity contribution in [3.63, 3.8) is 0 Å². The minimum absolute atomic E-state index is 0.789. The largest absolute Gasteiger partial charge is 0.385 e. The number of rotatable bonds is 3. The second kappa shape index (κ2) is 4.88. The molecule has 3 heteroatoms. The molecule has 0 saturated heterocycles. The molecule has 0 saturated carbocycles. The number of benzene rings is 1. The summed E-state index contributed by atoms with van der Waals surface area (Å²) in [6.07, 6.45) is 8.37. The normalized spacial score (nSPS) is 19.6. The molecule has 1 aliphatic carbocycles. The summed E-state index contributed by atoms with van der Waals surface area (Å²) in [7, 11) is 0. The molecule has 1 heterocycles. The van der Waals surface area contributed by atoms with Gasteiger partial charge in [0, 0.05) is 12.2 Å². The molecule has 1 aromatic heterocycles. The van der Waals surface area contributed by atoms with Crippen LogP contribution in [0.1, 0.15) is 19.3 Å². The van der Waals surface area contributed by atoms with Crippen molar-refractivity contribution in [2.75, 3.05) is 11.9 Å². The Hall–Kier alpha value is -1.35. The highest BCUT2D eigenvalue weighted by atomic mass is 32.1. The Balaban J connectivity index is 1.65. The molecule has 17 heavy (non-hydrogen) atoms. The molecule has 2 nitrogen and oxygen atoms in total. The first-order valence-corrected chi connectivity index (χ1v) is 7.02. The van der Waals surface area contributed by atoms with E-state index in [0.717, 1.165) is 18.0 Å². The zero-order valence-electron chi connectivity index (χ0n) is 9.73. The van der Waals surface area contributed by atoms with Crippen LogP contribution in [0, 0.1) is 5.92 Å². The maximum atomic E-state index is 4.29. The van der Waals surface area contributed by atoms with Crippen molar-refractivity contribution in [2.45, 2.75) is 19.3 Å². The highest BCUT2D eigenvalue weighted by Crippen LogP contribution is 2.23. The first-order chi connectivity index (χ1) is 8.42. The maximum Gasteiger partial charge on any atom is 0.0813 e. The molecule has 0 fully saturated rings. The minimum Gasteiger partial charge on any atom is -0.385 e. The van der Waals surface area contributed by atoms with Crippen LogP contribution in [0.5, 0.6) is 0 Å². The van der Waals surface area contributed by atoms with Crippen LogP contribution in [0.4, 0.5) is 5.69 Å². The van der Waals surface area contributed by atoms with Gasteiger partial charge in [0.15, 0.2) is 0 Å². The molecule has 0 aliphatic heterocycles. The second-order valence-electron chi connectivity index (χ2n) is 4.57. The van der Waals surface area contributed by atoms with E-state index in [1.54, 1.807) is 11.3 Å². The number of hydrogen-bond acceptors (Lipinski definition) is 3. The Morgan fingerprint density at radius 1 is 1.35 bits per heavy atom. The number of anilines is 1. The Bertz CT molecular complexity index is 530. The van der Waals surface area contributed by atoms with Gasteiger partial charge in [-0.15, -0.1) is 11.3 Å². The summed E-state index contributed by atoms with van der Waals surface area (Å²) in [6, 6.07) is 6.42. The summed E-state index contributed by atoms with van der Waals surface area (Å²) in [4.78, 5) is 4.29. The van der Waals surface area contributed by atoms with Crippen molar-refractivity contribution in [1.82, 2.24) is 4.98 Å². The number of allylic oxidation sites excluding steroid dienone is 2. The van der Waals surface area contributed by atoms with Gasteiger partial charge >= 0.3 is 0 Å². The van der Waals surface area contributed by atoms with Crippen LogP contribution in [-0.2, 0) is 0 Å². The topological polar surface area (TPSA) is 24.9 Å². The van der Waals surface area contributed by atoms with Crippen LogP contribution in [0.15, 0.2) is 35.9 Å². The van der Waals surface area contributed by atoms with E-state index in [1.807, 2.05) is 5.51 Å². The minimum atomic E-state index is 0.789. The van der Waals surface area contributed by atoms with E-state index in [2.05, 4.69) is 40.7 Å². The summed E-state index contributed by atoms with van der Waals surface area (Å²) in [5.41, 5.74) is 4.22. The lowest BCUT2D eigenvalue weighted by Gasteiger charge is -2.18. The first-order valence-electron chi connectivity index (χ1n) is 6.14. The molecule has 1 atom stereocenters. The number of nitrogens with zero attached hydrogens (tertiary/aromatic N) is 1. The van der Waals surface area contributed by atoms with Crippen molar-refractivity contribution < 1.29 is 0 Å². The monoisotopic (exact) mass is 244 g/mol. The standard InChI is InChI=1S/C14H16N2S/c1-2-4-11(5-3-1)9-15-12-6-7-13-14(8-12)17-10-16-13/h1-2,6-8,10-11,15H,3-5,9H2. The summed E-state index contributed by atoms with van der Waals surface area (Å²) in [6.45, 7) is 1.08. The van der Waals surface area contributed by atoms with Gasteiger partial charge in [-0.1, -0.05) is 12.2 Å². The molecule has 0 spiro atoms. The summed E-state index contributed by atoms with van der Waals surface area (Å²) in [5.74, 6) is 0.789. The zero-order valence-corrected chi connectivity index (χ0v) is 10.5. The number of thiazole rings is 1. The molecule has 1 aliphatic rings. The first kappa shape index (κ1) is 10.8. The molecule has 0 bridgehead atoms. The van der Waals surface area contributed by atoms with Crippen LogP contribution < -0.4 is 5.32 Å². The molecule has 2 aromatic rings.